The quantitative estimate of drug-likeness (QED) is 0.906. The van der Waals surface area contributed by atoms with Gasteiger partial charge in [0.1, 0.15) is 12.2 Å². The van der Waals surface area contributed by atoms with Crippen LogP contribution in [0.15, 0.2) is 24.5 Å². The Bertz CT molecular complexity index is 586. The number of aryl methyl sites for hydroxylation is 1. The minimum absolute atomic E-state index is 0.105. The second-order valence-electron chi connectivity index (χ2n) is 4.43. The zero-order chi connectivity index (χ0) is 14.5. The SMILES string of the molecule is CN(Cc1ncn[nH]1)C(=O)CCc1ccc(F)c(F)c1. The number of carbonyl (C=O) groups is 1. The molecule has 7 heteroatoms. The summed E-state index contributed by atoms with van der Waals surface area (Å²) in [5, 5.41) is 6.36. The molecule has 0 saturated heterocycles. The molecule has 1 amide bonds. The number of hydrogen-bond donors (Lipinski definition) is 1. The molecule has 2 rings (SSSR count). The van der Waals surface area contributed by atoms with E-state index in [1.54, 1.807) is 7.05 Å². The zero-order valence-corrected chi connectivity index (χ0v) is 10.9. The Kier molecular flexibility index (Phi) is 4.39. The van der Waals surface area contributed by atoms with E-state index in [-0.39, 0.29) is 12.3 Å². The number of rotatable bonds is 5. The largest absolute Gasteiger partial charge is 0.338 e. The van der Waals surface area contributed by atoms with Crippen LogP contribution in [0.4, 0.5) is 8.78 Å². The molecule has 0 bridgehead atoms. The number of aromatic amines is 1. The van der Waals surface area contributed by atoms with Gasteiger partial charge in [-0.25, -0.2) is 13.8 Å². The van der Waals surface area contributed by atoms with Crippen LogP contribution in [-0.4, -0.2) is 33.0 Å². The summed E-state index contributed by atoms with van der Waals surface area (Å²) in [6.45, 7) is 0.330. The fourth-order valence-electron chi connectivity index (χ4n) is 1.76. The summed E-state index contributed by atoms with van der Waals surface area (Å²) in [5.41, 5.74) is 0.588. The van der Waals surface area contributed by atoms with Crippen molar-refractivity contribution in [3.63, 3.8) is 0 Å². The molecule has 1 aromatic carbocycles. The molecule has 0 atom stereocenters. The van der Waals surface area contributed by atoms with E-state index in [4.69, 9.17) is 0 Å². The number of benzene rings is 1. The minimum atomic E-state index is -0.898. The maximum Gasteiger partial charge on any atom is 0.223 e. The molecule has 106 valence electrons. The van der Waals surface area contributed by atoms with E-state index < -0.39 is 11.6 Å². The molecule has 0 aliphatic rings. The van der Waals surface area contributed by atoms with Gasteiger partial charge in [-0.3, -0.25) is 9.89 Å². The molecule has 0 aliphatic carbocycles. The van der Waals surface area contributed by atoms with Crippen LogP contribution in [0.2, 0.25) is 0 Å². The number of amides is 1. The average Bonchev–Trinajstić information content (AvgIpc) is 2.92. The number of aromatic nitrogens is 3. The van der Waals surface area contributed by atoms with Gasteiger partial charge in [0.25, 0.3) is 0 Å². The summed E-state index contributed by atoms with van der Waals surface area (Å²) in [7, 11) is 1.65. The van der Waals surface area contributed by atoms with E-state index in [1.165, 1.54) is 17.3 Å². The molecule has 1 heterocycles. The van der Waals surface area contributed by atoms with E-state index >= 15 is 0 Å². The van der Waals surface area contributed by atoms with Crippen molar-refractivity contribution in [1.29, 1.82) is 0 Å². The first-order valence-corrected chi connectivity index (χ1v) is 6.08. The molecular weight excluding hydrogens is 266 g/mol. The van der Waals surface area contributed by atoms with Crippen molar-refractivity contribution in [3.8, 4) is 0 Å². The van der Waals surface area contributed by atoms with Crippen LogP contribution >= 0.6 is 0 Å². The third-order valence-corrected chi connectivity index (χ3v) is 2.89. The van der Waals surface area contributed by atoms with Gasteiger partial charge in [0.05, 0.1) is 6.54 Å². The third-order valence-electron chi connectivity index (χ3n) is 2.89. The summed E-state index contributed by atoms with van der Waals surface area (Å²) < 4.78 is 25.8. The van der Waals surface area contributed by atoms with E-state index in [1.807, 2.05) is 0 Å². The molecule has 0 fully saturated rings. The van der Waals surface area contributed by atoms with Gasteiger partial charge in [-0.05, 0) is 24.1 Å². The van der Waals surface area contributed by atoms with E-state index in [9.17, 15) is 13.6 Å². The molecule has 20 heavy (non-hydrogen) atoms. The van der Waals surface area contributed by atoms with Crippen LogP contribution in [0, 0.1) is 11.6 Å². The Morgan fingerprint density at radius 1 is 1.35 bits per heavy atom. The normalized spacial score (nSPS) is 10.6. The van der Waals surface area contributed by atoms with Gasteiger partial charge < -0.3 is 4.90 Å². The predicted molar refractivity (Wildman–Crippen MR) is 67.5 cm³/mol. The lowest BCUT2D eigenvalue weighted by Gasteiger charge is -2.15. The summed E-state index contributed by atoms with van der Waals surface area (Å²) in [5.74, 6) is -1.30. The molecule has 0 aliphatic heterocycles. The van der Waals surface area contributed by atoms with Crippen molar-refractivity contribution in [3.05, 3.63) is 47.5 Å². The van der Waals surface area contributed by atoms with Crippen molar-refractivity contribution in [1.82, 2.24) is 20.1 Å². The molecule has 1 aromatic heterocycles. The number of nitrogens with one attached hydrogen (secondary N) is 1. The molecule has 1 N–H and O–H groups in total. The van der Waals surface area contributed by atoms with Gasteiger partial charge in [0.15, 0.2) is 11.6 Å². The molecule has 0 saturated carbocycles. The number of halogens is 2. The second-order valence-corrected chi connectivity index (χ2v) is 4.43. The molecule has 0 unspecified atom stereocenters. The highest BCUT2D eigenvalue weighted by atomic mass is 19.2. The van der Waals surface area contributed by atoms with E-state index in [0.29, 0.717) is 24.4 Å². The van der Waals surface area contributed by atoms with Crippen LogP contribution in [0.3, 0.4) is 0 Å². The van der Waals surface area contributed by atoms with E-state index in [2.05, 4.69) is 15.2 Å². The standard InChI is InChI=1S/C13H14F2N4O/c1-19(7-12-16-8-17-18-12)13(20)5-3-9-2-4-10(14)11(15)6-9/h2,4,6,8H,3,5,7H2,1H3,(H,16,17,18). The highest BCUT2D eigenvalue weighted by molar-refractivity contribution is 5.76. The average molecular weight is 280 g/mol. The Hall–Kier alpha value is -2.31. The third kappa shape index (κ3) is 3.59. The van der Waals surface area contributed by atoms with Crippen molar-refractivity contribution in [2.24, 2.45) is 0 Å². The van der Waals surface area contributed by atoms with Crippen LogP contribution in [0.25, 0.3) is 0 Å². The zero-order valence-electron chi connectivity index (χ0n) is 10.9. The van der Waals surface area contributed by atoms with E-state index in [0.717, 1.165) is 12.1 Å². The highest BCUT2D eigenvalue weighted by Gasteiger charge is 2.11. The smallest absolute Gasteiger partial charge is 0.223 e. The second kappa shape index (κ2) is 6.23. The topological polar surface area (TPSA) is 61.9 Å². The number of nitrogens with zero attached hydrogens (tertiary/aromatic N) is 3. The molecular formula is C13H14F2N4O. The summed E-state index contributed by atoms with van der Waals surface area (Å²) in [6.07, 6.45) is 1.95. The van der Waals surface area contributed by atoms with Crippen molar-refractivity contribution < 1.29 is 13.6 Å². The van der Waals surface area contributed by atoms with Crippen LogP contribution in [-0.2, 0) is 17.8 Å². The fraction of sp³-hybridized carbons (Fsp3) is 0.308. The van der Waals surface area contributed by atoms with Gasteiger partial charge in [0.2, 0.25) is 5.91 Å². The van der Waals surface area contributed by atoms with Gasteiger partial charge >= 0.3 is 0 Å². The van der Waals surface area contributed by atoms with Gasteiger partial charge in [-0.2, -0.15) is 5.10 Å². The predicted octanol–water partition coefficient (Wildman–Crippen LogP) is 1.67. The first-order chi connectivity index (χ1) is 9.56. The van der Waals surface area contributed by atoms with Gasteiger partial charge in [0, 0.05) is 13.5 Å². The first-order valence-electron chi connectivity index (χ1n) is 6.08. The van der Waals surface area contributed by atoms with Crippen molar-refractivity contribution in [2.75, 3.05) is 7.05 Å². The van der Waals surface area contributed by atoms with Crippen LogP contribution in [0.5, 0.6) is 0 Å². The van der Waals surface area contributed by atoms with Crippen LogP contribution in [0.1, 0.15) is 17.8 Å². The van der Waals surface area contributed by atoms with Gasteiger partial charge in [-0.1, -0.05) is 6.07 Å². The van der Waals surface area contributed by atoms with Crippen LogP contribution < -0.4 is 0 Å². The summed E-state index contributed by atoms with van der Waals surface area (Å²) >= 11 is 0. The molecule has 2 aromatic rings. The van der Waals surface area contributed by atoms with Gasteiger partial charge in [-0.15, -0.1) is 0 Å². The summed E-state index contributed by atoms with van der Waals surface area (Å²) in [6, 6.07) is 3.65. The van der Waals surface area contributed by atoms with Crippen molar-refractivity contribution in [2.45, 2.75) is 19.4 Å². The highest BCUT2D eigenvalue weighted by Crippen LogP contribution is 2.11. The number of H-pyrrole nitrogens is 1. The monoisotopic (exact) mass is 280 g/mol. The molecule has 5 nitrogen and oxygen atoms in total. The Morgan fingerprint density at radius 2 is 2.15 bits per heavy atom. The number of carbonyl (C=O) groups excluding carboxylic acids is 1. The lowest BCUT2D eigenvalue weighted by atomic mass is 10.1. The fourth-order valence-corrected chi connectivity index (χ4v) is 1.76. The first kappa shape index (κ1) is 14.1. The Balaban J connectivity index is 1.86. The summed E-state index contributed by atoms with van der Waals surface area (Å²) in [4.78, 5) is 17.3. The lowest BCUT2D eigenvalue weighted by molar-refractivity contribution is -0.130. The Labute approximate surface area is 114 Å². The molecule has 0 radical (unpaired) electrons. The Morgan fingerprint density at radius 3 is 2.80 bits per heavy atom. The van der Waals surface area contributed by atoms with Crippen molar-refractivity contribution >= 4 is 5.91 Å². The molecule has 0 spiro atoms. The maximum atomic E-state index is 13.0. The number of hydrogen-bond acceptors (Lipinski definition) is 3. The maximum absolute atomic E-state index is 13.0. The lowest BCUT2D eigenvalue weighted by Crippen LogP contribution is -2.26. The minimum Gasteiger partial charge on any atom is -0.338 e.